The Morgan fingerprint density at radius 3 is 2.47 bits per heavy atom. The largest absolute Gasteiger partial charge is 0.465 e. The predicted molar refractivity (Wildman–Crippen MR) is 70.0 cm³/mol. The summed E-state index contributed by atoms with van der Waals surface area (Å²) in [5.74, 6) is 0.256. The van der Waals surface area contributed by atoms with E-state index in [1.54, 1.807) is 0 Å². The van der Waals surface area contributed by atoms with Gasteiger partial charge in [0, 0.05) is 12.3 Å². The van der Waals surface area contributed by atoms with Gasteiger partial charge >= 0.3 is 5.97 Å². The van der Waals surface area contributed by atoms with Crippen molar-refractivity contribution in [1.82, 2.24) is 0 Å². The summed E-state index contributed by atoms with van der Waals surface area (Å²) in [7, 11) is 0. The summed E-state index contributed by atoms with van der Waals surface area (Å²) in [6.07, 6.45) is 3.53. The Hall–Kier alpha value is -1.31. The molecule has 0 bridgehead atoms. The molecule has 0 N–H and O–H groups in total. The minimum absolute atomic E-state index is 0.0791. The maximum absolute atomic E-state index is 11.4. The van der Waals surface area contributed by atoms with Crippen LogP contribution in [0.25, 0.3) is 0 Å². The van der Waals surface area contributed by atoms with Crippen LogP contribution in [-0.4, -0.2) is 12.6 Å². The number of esters is 1. The lowest BCUT2D eigenvalue weighted by molar-refractivity contribution is -0.144. The summed E-state index contributed by atoms with van der Waals surface area (Å²) in [4.78, 5) is 11.4. The number of benzene rings is 1. The first-order chi connectivity index (χ1) is 8.27. The van der Waals surface area contributed by atoms with Crippen LogP contribution in [0.3, 0.4) is 0 Å². The van der Waals surface area contributed by atoms with Crippen molar-refractivity contribution in [3.05, 3.63) is 35.9 Å². The first kappa shape index (κ1) is 13.8. The quantitative estimate of drug-likeness (QED) is 0.668. The van der Waals surface area contributed by atoms with Crippen LogP contribution in [-0.2, 0) is 9.53 Å². The van der Waals surface area contributed by atoms with Crippen LogP contribution in [0.2, 0.25) is 0 Å². The molecule has 1 unspecified atom stereocenters. The van der Waals surface area contributed by atoms with E-state index in [4.69, 9.17) is 4.74 Å². The Kier molecular flexibility index (Phi) is 6.38. The molecule has 1 aromatic carbocycles. The fourth-order valence-corrected chi connectivity index (χ4v) is 1.89. The van der Waals surface area contributed by atoms with Gasteiger partial charge in [0.1, 0.15) is 0 Å². The van der Waals surface area contributed by atoms with Crippen molar-refractivity contribution in [2.45, 2.75) is 45.4 Å². The van der Waals surface area contributed by atoms with Crippen LogP contribution >= 0.6 is 0 Å². The van der Waals surface area contributed by atoms with Gasteiger partial charge in [0.15, 0.2) is 0 Å². The maximum atomic E-state index is 11.4. The normalized spacial score (nSPS) is 12.1. The van der Waals surface area contributed by atoms with Crippen LogP contribution in [0.4, 0.5) is 0 Å². The van der Waals surface area contributed by atoms with E-state index in [2.05, 4.69) is 19.1 Å². The van der Waals surface area contributed by atoms with E-state index < -0.39 is 0 Å². The second-order valence-corrected chi connectivity index (χ2v) is 4.33. The van der Waals surface area contributed by atoms with E-state index in [1.165, 1.54) is 5.56 Å². The zero-order valence-corrected chi connectivity index (χ0v) is 10.8. The highest BCUT2D eigenvalue weighted by molar-refractivity contribution is 5.69. The van der Waals surface area contributed by atoms with Crippen LogP contribution in [0.1, 0.15) is 51.0 Å². The molecule has 0 fully saturated rings. The number of hydrogen-bond donors (Lipinski definition) is 0. The Labute approximate surface area is 104 Å². The first-order valence-corrected chi connectivity index (χ1v) is 6.48. The first-order valence-electron chi connectivity index (χ1n) is 6.48. The number of carbonyl (C=O) groups is 1. The second-order valence-electron chi connectivity index (χ2n) is 4.33. The lowest BCUT2D eigenvalue weighted by Crippen LogP contribution is -2.12. The molecule has 0 amide bonds. The van der Waals surface area contributed by atoms with Gasteiger partial charge in [0.2, 0.25) is 0 Å². The van der Waals surface area contributed by atoms with Gasteiger partial charge in [0.25, 0.3) is 0 Å². The lowest BCUT2D eigenvalue weighted by atomic mass is 9.95. The van der Waals surface area contributed by atoms with Gasteiger partial charge in [-0.15, -0.1) is 0 Å². The Morgan fingerprint density at radius 1 is 1.18 bits per heavy atom. The summed E-state index contributed by atoms with van der Waals surface area (Å²) < 4.78 is 5.31. The van der Waals surface area contributed by atoms with Crippen molar-refractivity contribution >= 4 is 5.97 Å². The Balaban J connectivity index is 2.52. The van der Waals surface area contributed by atoms with Gasteiger partial charge in [-0.1, -0.05) is 50.6 Å². The molecule has 1 atom stereocenters. The van der Waals surface area contributed by atoms with E-state index in [0.717, 1.165) is 19.3 Å². The molecule has 2 heteroatoms. The van der Waals surface area contributed by atoms with E-state index >= 15 is 0 Å². The molecule has 0 saturated carbocycles. The summed E-state index contributed by atoms with van der Waals surface area (Å²) >= 11 is 0. The maximum Gasteiger partial charge on any atom is 0.305 e. The summed E-state index contributed by atoms with van der Waals surface area (Å²) in [6.45, 7) is 4.66. The van der Waals surface area contributed by atoms with Crippen LogP contribution < -0.4 is 0 Å². The van der Waals surface area contributed by atoms with Gasteiger partial charge in [-0.3, -0.25) is 4.79 Å². The van der Waals surface area contributed by atoms with Gasteiger partial charge < -0.3 is 4.74 Å². The third kappa shape index (κ3) is 5.03. The van der Waals surface area contributed by atoms with Gasteiger partial charge in [-0.25, -0.2) is 0 Å². The topological polar surface area (TPSA) is 26.3 Å². The monoisotopic (exact) mass is 234 g/mol. The number of rotatable bonds is 7. The molecular weight excluding hydrogens is 212 g/mol. The van der Waals surface area contributed by atoms with Crippen LogP contribution in [0.5, 0.6) is 0 Å². The summed E-state index contributed by atoms with van der Waals surface area (Å²) in [6, 6.07) is 10.3. The molecule has 1 aromatic rings. The Morgan fingerprint density at radius 2 is 1.88 bits per heavy atom. The van der Waals surface area contributed by atoms with Crippen molar-refractivity contribution in [2.75, 3.05) is 6.61 Å². The minimum atomic E-state index is -0.0791. The standard InChI is InChI=1S/C15H22O2/c1-3-8-14(12-17-15(16)9-4-2)13-10-6-5-7-11-13/h5-7,10-11,14H,3-4,8-9,12H2,1-2H3. The fraction of sp³-hybridized carbons (Fsp3) is 0.533. The van der Waals surface area contributed by atoms with E-state index in [0.29, 0.717) is 18.9 Å². The highest BCUT2D eigenvalue weighted by Gasteiger charge is 2.12. The third-order valence-corrected chi connectivity index (χ3v) is 2.81. The summed E-state index contributed by atoms with van der Waals surface area (Å²) in [5.41, 5.74) is 1.26. The van der Waals surface area contributed by atoms with E-state index in [1.807, 2.05) is 25.1 Å². The smallest absolute Gasteiger partial charge is 0.305 e. The molecule has 0 radical (unpaired) electrons. The minimum Gasteiger partial charge on any atom is -0.465 e. The Bertz CT molecular complexity index is 319. The van der Waals surface area contributed by atoms with Crippen molar-refractivity contribution in [1.29, 1.82) is 0 Å². The predicted octanol–water partition coefficient (Wildman–Crippen LogP) is 3.91. The second kappa shape index (κ2) is 7.88. The van der Waals surface area contributed by atoms with Gasteiger partial charge in [0.05, 0.1) is 6.61 Å². The highest BCUT2D eigenvalue weighted by atomic mass is 16.5. The average molecular weight is 234 g/mol. The lowest BCUT2D eigenvalue weighted by Gasteiger charge is -2.16. The van der Waals surface area contributed by atoms with Crippen molar-refractivity contribution in [3.8, 4) is 0 Å². The summed E-state index contributed by atoms with van der Waals surface area (Å²) in [5, 5.41) is 0. The van der Waals surface area contributed by atoms with Gasteiger partial charge in [-0.05, 0) is 18.4 Å². The number of carbonyl (C=O) groups excluding carboxylic acids is 1. The molecule has 17 heavy (non-hydrogen) atoms. The van der Waals surface area contributed by atoms with Crippen molar-refractivity contribution in [3.63, 3.8) is 0 Å². The molecule has 0 aliphatic carbocycles. The average Bonchev–Trinajstić information content (AvgIpc) is 2.36. The SMILES string of the molecule is CCCC(=O)OCC(CCC)c1ccccc1. The molecule has 0 heterocycles. The number of ether oxygens (including phenoxy) is 1. The zero-order valence-electron chi connectivity index (χ0n) is 10.8. The fourth-order valence-electron chi connectivity index (χ4n) is 1.89. The third-order valence-electron chi connectivity index (χ3n) is 2.81. The van der Waals surface area contributed by atoms with Gasteiger partial charge in [-0.2, -0.15) is 0 Å². The zero-order chi connectivity index (χ0) is 12.5. The van der Waals surface area contributed by atoms with Crippen LogP contribution in [0, 0.1) is 0 Å². The molecule has 0 aliphatic heterocycles. The molecular formula is C15H22O2. The molecule has 0 spiro atoms. The highest BCUT2D eigenvalue weighted by Crippen LogP contribution is 2.21. The number of hydrogen-bond acceptors (Lipinski definition) is 2. The molecule has 1 rings (SSSR count). The molecule has 2 nitrogen and oxygen atoms in total. The van der Waals surface area contributed by atoms with Crippen molar-refractivity contribution < 1.29 is 9.53 Å². The van der Waals surface area contributed by atoms with E-state index in [9.17, 15) is 4.79 Å². The van der Waals surface area contributed by atoms with E-state index in [-0.39, 0.29) is 5.97 Å². The molecule has 0 aliphatic rings. The molecule has 0 aromatic heterocycles. The molecule has 0 saturated heterocycles. The van der Waals surface area contributed by atoms with Crippen LogP contribution in [0.15, 0.2) is 30.3 Å². The van der Waals surface area contributed by atoms with Crippen molar-refractivity contribution in [2.24, 2.45) is 0 Å². The molecule has 94 valence electrons.